The summed E-state index contributed by atoms with van der Waals surface area (Å²) in [6, 6.07) is 11.9. The molecule has 1 aromatic heterocycles. The summed E-state index contributed by atoms with van der Waals surface area (Å²) in [5.74, 6) is -1.08. The van der Waals surface area contributed by atoms with Crippen LogP contribution in [0, 0.1) is 6.92 Å². The minimum atomic E-state index is -4.78. The fourth-order valence-corrected chi connectivity index (χ4v) is 3.80. The molecule has 162 valence electrons. The summed E-state index contributed by atoms with van der Waals surface area (Å²) in [7, 11) is 0. The summed E-state index contributed by atoms with van der Waals surface area (Å²) in [6.07, 6.45) is -4.78. The van der Waals surface area contributed by atoms with E-state index >= 15 is 0 Å². The highest BCUT2D eigenvalue weighted by Gasteiger charge is 2.30. The Bertz CT molecular complexity index is 1050. The van der Waals surface area contributed by atoms with Gasteiger partial charge in [-0.3, -0.25) is 14.9 Å². The van der Waals surface area contributed by atoms with Crippen LogP contribution >= 0.6 is 23.1 Å². The highest BCUT2D eigenvalue weighted by molar-refractivity contribution is 8.01. The summed E-state index contributed by atoms with van der Waals surface area (Å²) in [5.41, 5.74) is 1.85. The summed E-state index contributed by atoms with van der Waals surface area (Å²) in [4.78, 5) is 24.2. The molecule has 2 N–H and O–H groups in total. The van der Waals surface area contributed by atoms with E-state index in [1.807, 2.05) is 19.1 Å². The van der Waals surface area contributed by atoms with Crippen LogP contribution in [0.3, 0.4) is 0 Å². The van der Waals surface area contributed by atoms with Gasteiger partial charge in [-0.15, -0.1) is 23.4 Å². The Kier molecular flexibility index (Phi) is 7.13. The average Bonchev–Trinajstić information content (AvgIpc) is 3.14. The second-order valence-corrected chi connectivity index (χ2v) is 8.30. The lowest BCUT2D eigenvalue weighted by Gasteiger charge is -2.09. The molecule has 0 unspecified atom stereocenters. The van der Waals surface area contributed by atoms with Crippen LogP contribution in [0.1, 0.15) is 15.9 Å². The number of aryl methyl sites for hydroxylation is 1. The Morgan fingerprint density at radius 3 is 2.35 bits per heavy atom. The number of thioether (sulfide) groups is 1. The first-order valence-corrected chi connectivity index (χ1v) is 10.5. The molecule has 0 aliphatic heterocycles. The zero-order chi connectivity index (χ0) is 22.4. The van der Waals surface area contributed by atoms with E-state index in [-0.39, 0.29) is 23.3 Å². The zero-order valence-electron chi connectivity index (χ0n) is 15.9. The lowest BCUT2D eigenvalue weighted by molar-refractivity contribution is -0.274. The molecule has 0 aliphatic rings. The molecular formula is C19H15F3N4O3S2. The maximum atomic E-state index is 12.2. The first-order valence-electron chi connectivity index (χ1n) is 8.68. The molecule has 31 heavy (non-hydrogen) atoms. The van der Waals surface area contributed by atoms with Gasteiger partial charge in [0.1, 0.15) is 5.75 Å². The molecule has 0 aliphatic carbocycles. The summed E-state index contributed by atoms with van der Waals surface area (Å²) in [6.45, 7) is 1.92. The standard InChI is InChI=1S/C19H15F3N4O3S2/c1-11-2-4-12(5-3-11)16(28)24-17-25-26-18(31-17)30-10-15(27)23-13-6-8-14(9-7-13)29-19(20,21)22/h2-9H,10H2,1H3,(H,23,27)(H,24,25,28). The van der Waals surface area contributed by atoms with E-state index in [9.17, 15) is 22.8 Å². The molecule has 0 atom stereocenters. The Morgan fingerprint density at radius 1 is 1.03 bits per heavy atom. The van der Waals surface area contributed by atoms with Crippen LogP contribution in [0.5, 0.6) is 5.75 Å². The van der Waals surface area contributed by atoms with E-state index in [0.29, 0.717) is 20.7 Å². The SMILES string of the molecule is Cc1ccc(C(=O)Nc2nnc(SCC(=O)Nc3ccc(OC(F)(F)F)cc3)s2)cc1. The first-order chi connectivity index (χ1) is 14.7. The number of amides is 2. The number of hydrogen-bond donors (Lipinski definition) is 2. The largest absolute Gasteiger partial charge is 0.573 e. The molecule has 12 heteroatoms. The number of alkyl halides is 3. The van der Waals surface area contributed by atoms with Gasteiger partial charge in [-0.1, -0.05) is 40.8 Å². The molecule has 0 saturated heterocycles. The van der Waals surface area contributed by atoms with Crippen LogP contribution < -0.4 is 15.4 Å². The second-order valence-electron chi connectivity index (χ2n) is 6.10. The van der Waals surface area contributed by atoms with Gasteiger partial charge in [-0.05, 0) is 43.3 Å². The monoisotopic (exact) mass is 468 g/mol. The molecule has 0 spiro atoms. The van der Waals surface area contributed by atoms with Gasteiger partial charge < -0.3 is 10.1 Å². The van der Waals surface area contributed by atoms with Crippen LogP contribution in [-0.2, 0) is 4.79 Å². The number of carbonyl (C=O) groups excluding carboxylic acids is 2. The van der Waals surface area contributed by atoms with Crippen molar-refractivity contribution in [1.29, 1.82) is 0 Å². The van der Waals surface area contributed by atoms with Gasteiger partial charge in [0.05, 0.1) is 5.75 Å². The van der Waals surface area contributed by atoms with E-state index in [4.69, 9.17) is 0 Å². The van der Waals surface area contributed by atoms with Crippen molar-refractivity contribution in [3.05, 3.63) is 59.7 Å². The molecule has 0 bridgehead atoms. The topological polar surface area (TPSA) is 93.2 Å². The van der Waals surface area contributed by atoms with Gasteiger partial charge in [0, 0.05) is 11.3 Å². The Hall–Kier alpha value is -3.12. The number of benzene rings is 2. The fraction of sp³-hybridized carbons (Fsp3) is 0.158. The molecule has 7 nitrogen and oxygen atoms in total. The van der Waals surface area contributed by atoms with Crippen molar-refractivity contribution in [3.8, 4) is 5.75 Å². The van der Waals surface area contributed by atoms with Crippen molar-refractivity contribution in [1.82, 2.24) is 10.2 Å². The van der Waals surface area contributed by atoms with Crippen LogP contribution in [0.15, 0.2) is 52.9 Å². The third-order valence-electron chi connectivity index (χ3n) is 3.64. The van der Waals surface area contributed by atoms with E-state index in [0.717, 1.165) is 40.8 Å². The molecule has 0 saturated carbocycles. The minimum Gasteiger partial charge on any atom is -0.406 e. The average molecular weight is 468 g/mol. The molecule has 3 rings (SSSR count). The van der Waals surface area contributed by atoms with E-state index < -0.39 is 6.36 Å². The lowest BCUT2D eigenvalue weighted by Crippen LogP contribution is -2.17. The Labute approximate surface area is 183 Å². The number of aromatic nitrogens is 2. The number of carbonyl (C=O) groups is 2. The smallest absolute Gasteiger partial charge is 0.406 e. The molecule has 1 heterocycles. The van der Waals surface area contributed by atoms with Gasteiger partial charge in [0.2, 0.25) is 11.0 Å². The van der Waals surface area contributed by atoms with Crippen molar-refractivity contribution >= 4 is 45.7 Å². The van der Waals surface area contributed by atoms with Crippen LogP contribution in [0.2, 0.25) is 0 Å². The van der Waals surface area contributed by atoms with Crippen molar-refractivity contribution in [2.75, 3.05) is 16.4 Å². The normalized spacial score (nSPS) is 11.1. The van der Waals surface area contributed by atoms with Gasteiger partial charge in [-0.25, -0.2) is 0 Å². The maximum absolute atomic E-state index is 12.2. The summed E-state index contributed by atoms with van der Waals surface area (Å²) < 4.78 is 40.7. The molecule has 3 aromatic rings. The number of nitrogens with one attached hydrogen (secondary N) is 2. The van der Waals surface area contributed by atoms with Gasteiger partial charge >= 0.3 is 6.36 Å². The van der Waals surface area contributed by atoms with Crippen LogP contribution in [0.25, 0.3) is 0 Å². The highest BCUT2D eigenvalue weighted by atomic mass is 32.2. The number of hydrogen-bond acceptors (Lipinski definition) is 7. The summed E-state index contributed by atoms with van der Waals surface area (Å²) >= 11 is 2.23. The third-order valence-corrected chi connectivity index (χ3v) is 5.61. The third kappa shape index (κ3) is 7.26. The molecule has 2 aromatic carbocycles. The van der Waals surface area contributed by atoms with Gasteiger partial charge in [-0.2, -0.15) is 0 Å². The van der Waals surface area contributed by atoms with E-state index in [1.54, 1.807) is 12.1 Å². The lowest BCUT2D eigenvalue weighted by atomic mass is 10.1. The van der Waals surface area contributed by atoms with Crippen molar-refractivity contribution in [2.45, 2.75) is 17.6 Å². The number of halogens is 3. The highest BCUT2D eigenvalue weighted by Crippen LogP contribution is 2.27. The van der Waals surface area contributed by atoms with Gasteiger partial charge in [0.25, 0.3) is 5.91 Å². The quantitative estimate of drug-likeness (QED) is 0.385. The Morgan fingerprint density at radius 2 is 1.71 bits per heavy atom. The van der Waals surface area contributed by atoms with Crippen LogP contribution in [-0.4, -0.2) is 34.1 Å². The number of ether oxygens (including phenoxy) is 1. The van der Waals surface area contributed by atoms with Crippen molar-refractivity contribution in [2.24, 2.45) is 0 Å². The fourth-order valence-electron chi connectivity index (χ4n) is 2.26. The second kappa shape index (κ2) is 9.79. The van der Waals surface area contributed by atoms with E-state index in [1.165, 1.54) is 12.1 Å². The molecule has 2 amide bonds. The molecular weight excluding hydrogens is 453 g/mol. The van der Waals surface area contributed by atoms with E-state index in [2.05, 4.69) is 25.6 Å². The predicted molar refractivity (Wildman–Crippen MR) is 112 cm³/mol. The van der Waals surface area contributed by atoms with Crippen molar-refractivity contribution in [3.63, 3.8) is 0 Å². The minimum absolute atomic E-state index is 0.00133. The summed E-state index contributed by atoms with van der Waals surface area (Å²) in [5, 5.41) is 13.3. The number of anilines is 2. The van der Waals surface area contributed by atoms with Crippen LogP contribution in [0.4, 0.5) is 24.0 Å². The first kappa shape index (κ1) is 22.6. The maximum Gasteiger partial charge on any atom is 0.573 e. The number of nitrogens with zero attached hydrogens (tertiary/aromatic N) is 2. The number of rotatable bonds is 7. The predicted octanol–water partition coefficient (Wildman–Crippen LogP) is 4.73. The Balaban J connectivity index is 1.47. The van der Waals surface area contributed by atoms with Crippen molar-refractivity contribution < 1.29 is 27.5 Å². The molecule has 0 radical (unpaired) electrons. The zero-order valence-corrected chi connectivity index (χ0v) is 17.5. The van der Waals surface area contributed by atoms with Gasteiger partial charge in [0.15, 0.2) is 4.34 Å². The molecule has 0 fully saturated rings.